The van der Waals surface area contributed by atoms with Crippen molar-refractivity contribution in [2.75, 3.05) is 6.61 Å². The number of esters is 2. The van der Waals surface area contributed by atoms with E-state index in [4.69, 9.17) is 9.84 Å². The monoisotopic (exact) mass is 330 g/mol. The molecule has 23 heavy (non-hydrogen) atoms. The lowest BCUT2D eigenvalue weighted by Crippen LogP contribution is -2.27. The summed E-state index contributed by atoms with van der Waals surface area (Å²) in [5.41, 5.74) is 0. The smallest absolute Gasteiger partial charge is 0.311 e. The molecular formula is C17H30O6. The first-order valence-corrected chi connectivity index (χ1v) is 7.60. The Morgan fingerprint density at radius 3 is 1.65 bits per heavy atom. The lowest BCUT2D eigenvalue weighted by atomic mass is 10.1. The van der Waals surface area contributed by atoms with Crippen LogP contribution in [0.1, 0.15) is 34.6 Å². The largest absolute Gasteiger partial charge is 0.466 e. The summed E-state index contributed by atoms with van der Waals surface area (Å²) in [6.45, 7) is 15.6. The zero-order valence-electron chi connectivity index (χ0n) is 14.7. The van der Waals surface area contributed by atoms with Gasteiger partial charge in [0.2, 0.25) is 0 Å². The van der Waals surface area contributed by atoms with Crippen LogP contribution in [0.15, 0.2) is 25.3 Å². The summed E-state index contributed by atoms with van der Waals surface area (Å²) >= 11 is 0. The van der Waals surface area contributed by atoms with Crippen molar-refractivity contribution in [3.63, 3.8) is 0 Å². The van der Waals surface area contributed by atoms with Gasteiger partial charge in [-0.2, -0.15) is 0 Å². The second kappa shape index (κ2) is 12.8. The highest BCUT2D eigenvalue weighted by Gasteiger charge is 2.21. The third-order valence-corrected chi connectivity index (χ3v) is 2.89. The van der Waals surface area contributed by atoms with Crippen molar-refractivity contribution in [2.45, 2.75) is 52.9 Å². The van der Waals surface area contributed by atoms with Gasteiger partial charge in [0.05, 0.1) is 36.8 Å². The van der Waals surface area contributed by atoms with Crippen molar-refractivity contribution < 1.29 is 29.3 Å². The van der Waals surface area contributed by atoms with E-state index in [2.05, 4.69) is 17.9 Å². The second-order valence-electron chi connectivity index (χ2n) is 5.27. The minimum absolute atomic E-state index is 0.142. The van der Waals surface area contributed by atoms with E-state index in [-0.39, 0.29) is 12.1 Å². The molecule has 0 radical (unpaired) electrons. The van der Waals surface area contributed by atoms with Crippen molar-refractivity contribution >= 4 is 11.9 Å². The van der Waals surface area contributed by atoms with E-state index in [0.29, 0.717) is 6.61 Å². The van der Waals surface area contributed by atoms with E-state index < -0.39 is 30.0 Å². The van der Waals surface area contributed by atoms with Crippen LogP contribution >= 0.6 is 0 Å². The molecule has 0 heterocycles. The molecule has 6 heteroatoms. The Bertz CT molecular complexity index is 377. The minimum Gasteiger partial charge on any atom is -0.466 e. The van der Waals surface area contributed by atoms with Gasteiger partial charge in [-0.25, -0.2) is 0 Å². The van der Waals surface area contributed by atoms with Gasteiger partial charge in [-0.3, -0.25) is 9.59 Å². The Morgan fingerprint density at radius 1 is 0.957 bits per heavy atom. The Kier molecular flexibility index (Phi) is 13.2. The number of hydrogen-bond acceptors (Lipinski definition) is 6. The zero-order valence-corrected chi connectivity index (χ0v) is 14.7. The highest BCUT2D eigenvalue weighted by Crippen LogP contribution is 2.07. The van der Waals surface area contributed by atoms with Gasteiger partial charge in [0.1, 0.15) is 0 Å². The quantitative estimate of drug-likeness (QED) is 0.521. The summed E-state index contributed by atoms with van der Waals surface area (Å²) in [6, 6.07) is 0. The molecule has 0 spiro atoms. The van der Waals surface area contributed by atoms with E-state index in [0.717, 1.165) is 0 Å². The van der Waals surface area contributed by atoms with Gasteiger partial charge >= 0.3 is 11.9 Å². The van der Waals surface area contributed by atoms with Gasteiger partial charge < -0.3 is 19.7 Å². The molecule has 2 N–H and O–H groups in total. The van der Waals surface area contributed by atoms with Crippen LogP contribution < -0.4 is 0 Å². The molecule has 0 rings (SSSR count). The van der Waals surface area contributed by atoms with Crippen LogP contribution in [0.2, 0.25) is 0 Å². The van der Waals surface area contributed by atoms with Crippen LogP contribution in [-0.2, 0) is 19.1 Å². The topological polar surface area (TPSA) is 93.1 Å². The van der Waals surface area contributed by atoms with Crippen LogP contribution in [0.25, 0.3) is 0 Å². The summed E-state index contributed by atoms with van der Waals surface area (Å²) in [4.78, 5) is 22.0. The van der Waals surface area contributed by atoms with Gasteiger partial charge in [-0.15, -0.1) is 13.2 Å². The van der Waals surface area contributed by atoms with Crippen LogP contribution in [-0.4, -0.2) is 47.1 Å². The van der Waals surface area contributed by atoms with E-state index >= 15 is 0 Å². The van der Waals surface area contributed by atoms with Crippen LogP contribution in [0.5, 0.6) is 0 Å². The SMILES string of the molecule is C=C[C@@H](O)[C@@H](C)C(=O)OC(C)C.C=C[C@@H](O)[C@@H](C)C(=O)OCC. The van der Waals surface area contributed by atoms with E-state index in [1.54, 1.807) is 34.6 Å². The molecule has 0 aromatic heterocycles. The average Bonchev–Trinajstić information content (AvgIpc) is 2.51. The van der Waals surface area contributed by atoms with Gasteiger partial charge in [0.25, 0.3) is 0 Å². The zero-order chi connectivity index (χ0) is 18.6. The first kappa shape index (κ1) is 23.6. The normalized spacial score (nSPS) is 15.3. The Labute approximate surface area is 138 Å². The third-order valence-electron chi connectivity index (χ3n) is 2.89. The molecule has 0 bridgehead atoms. The van der Waals surface area contributed by atoms with Crippen molar-refractivity contribution in [1.82, 2.24) is 0 Å². The maximum absolute atomic E-state index is 11.1. The first-order valence-electron chi connectivity index (χ1n) is 7.60. The molecule has 0 saturated heterocycles. The summed E-state index contributed by atoms with van der Waals surface area (Å²) in [5, 5.41) is 18.3. The van der Waals surface area contributed by atoms with Crippen molar-refractivity contribution in [3.8, 4) is 0 Å². The third kappa shape index (κ3) is 10.7. The fourth-order valence-electron chi connectivity index (χ4n) is 1.30. The summed E-state index contributed by atoms with van der Waals surface area (Å²) in [6.07, 6.45) is 0.871. The molecule has 0 fully saturated rings. The van der Waals surface area contributed by atoms with Crippen LogP contribution in [0.4, 0.5) is 0 Å². The first-order chi connectivity index (χ1) is 10.6. The van der Waals surface area contributed by atoms with Crippen LogP contribution in [0.3, 0.4) is 0 Å². The standard InChI is InChI=1S/C9H16O3.C8H14O3/c1-5-8(10)7(4)9(11)12-6(2)3;1-4-7(9)6(3)8(10)11-5-2/h5-8,10H,1H2,2-4H3;4,6-7,9H,1,5H2,2-3H3/t7-,8-;6-,7-/m11/s1. The van der Waals surface area contributed by atoms with Gasteiger partial charge in [0, 0.05) is 0 Å². The van der Waals surface area contributed by atoms with Gasteiger partial charge in [0.15, 0.2) is 0 Å². The van der Waals surface area contributed by atoms with Gasteiger partial charge in [-0.05, 0) is 34.6 Å². The molecule has 4 atom stereocenters. The fraction of sp³-hybridized carbons (Fsp3) is 0.647. The van der Waals surface area contributed by atoms with Gasteiger partial charge in [-0.1, -0.05) is 12.2 Å². The highest BCUT2D eigenvalue weighted by atomic mass is 16.5. The van der Waals surface area contributed by atoms with Crippen LogP contribution in [0, 0.1) is 11.8 Å². The lowest BCUT2D eigenvalue weighted by molar-refractivity contribution is -0.154. The predicted octanol–water partition coefficient (Wildman–Crippen LogP) is 1.85. The number of aliphatic hydroxyl groups is 2. The number of ether oxygens (including phenoxy) is 2. The number of hydrogen-bond donors (Lipinski definition) is 2. The maximum atomic E-state index is 11.1. The van der Waals surface area contributed by atoms with Crippen molar-refractivity contribution in [3.05, 3.63) is 25.3 Å². The number of carbonyl (C=O) groups excluding carboxylic acids is 2. The maximum Gasteiger partial charge on any atom is 0.311 e. The lowest BCUT2D eigenvalue weighted by Gasteiger charge is -2.15. The Hall–Kier alpha value is -1.66. The minimum atomic E-state index is -0.823. The van der Waals surface area contributed by atoms with Crippen molar-refractivity contribution in [2.24, 2.45) is 11.8 Å². The van der Waals surface area contributed by atoms with E-state index in [9.17, 15) is 14.7 Å². The molecular weight excluding hydrogens is 300 g/mol. The van der Waals surface area contributed by atoms with E-state index in [1.165, 1.54) is 12.2 Å². The molecule has 0 amide bonds. The molecule has 0 aliphatic rings. The summed E-state index contributed by atoms with van der Waals surface area (Å²) < 4.78 is 9.57. The van der Waals surface area contributed by atoms with E-state index in [1.807, 2.05) is 0 Å². The highest BCUT2D eigenvalue weighted by molar-refractivity contribution is 5.73. The molecule has 0 aromatic carbocycles. The number of aliphatic hydroxyl groups excluding tert-OH is 2. The fourth-order valence-corrected chi connectivity index (χ4v) is 1.30. The Balaban J connectivity index is 0. The molecule has 134 valence electrons. The molecule has 6 nitrogen and oxygen atoms in total. The molecule has 0 aliphatic heterocycles. The predicted molar refractivity (Wildman–Crippen MR) is 88.6 cm³/mol. The summed E-state index contributed by atoms with van der Waals surface area (Å²) in [7, 11) is 0. The Morgan fingerprint density at radius 2 is 1.35 bits per heavy atom. The molecule has 0 unspecified atom stereocenters. The number of rotatable bonds is 8. The molecule has 0 saturated carbocycles. The van der Waals surface area contributed by atoms with Crippen molar-refractivity contribution in [1.29, 1.82) is 0 Å². The molecule has 0 aromatic rings. The average molecular weight is 330 g/mol. The molecule has 0 aliphatic carbocycles. The second-order valence-corrected chi connectivity index (χ2v) is 5.27. The number of carbonyl (C=O) groups is 2. The summed E-state index contributed by atoms with van der Waals surface area (Å²) in [5.74, 6) is -1.84.